The minimum absolute atomic E-state index is 0.0816. The molecule has 1 aromatic carbocycles. The number of rotatable bonds is 3. The lowest BCUT2D eigenvalue weighted by atomic mass is 10.3. The highest BCUT2D eigenvalue weighted by Crippen LogP contribution is 2.24. The Morgan fingerprint density at radius 2 is 1.87 bits per heavy atom. The van der Waals surface area contributed by atoms with E-state index in [2.05, 4.69) is 19.9 Å². The van der Waals surface area contributed by atoms with E-state index >= 15 is 0 Å². The zero-order chi connectivity index (χ0) is 15.8. The molecule has 1 N–H and O–H groups in total. The van der Waals surface area contributed by atoms with Crippen molar-refractivity contribution in [2.24, 2.45) is 0 Å². The van der Waals surface area contributed by atoms with Crippen molar-refractivity contribution in [1.82, 2.24) is 19.9 Å². The molecule has 23 heavy (non-hydrogen) atoms. The van der Waals surface area contributed by atoms with Gasteiger partial charge in [-0.15, -0.1) is 11.3 Å². The van der Waals surface area contributed by atoms with Crippen molar-refractivity contribution < 1.29 is 0 Å². The van der Waals surface area contributed by atoms with Crippen LogP contribution in [0, 0.1) is 6.92 Å². The maximum Gasteiger partial charge on any atom is 0.268 e. The van der Waals surface area contributed by atoms with Crippen LogP contribution < -0.4 is 5.56 Å². The molecule has 5 nitrogen and oxygen atoms in total. The van der Waals surface area contributed by atoms with Gasteiger partial charge in [0, 0.05) is 0 Å². The summed E-state index contributed by atoms with van der Waals surface area (Å²) < 4.78 is 0.667. The van der Waals surface area contributed by atoms with E-state index in [1.807, 2.05) is 42.6 Å². The second-order valence-corrected chi connectivity index (χ2v) is 6.92. The second kappa shape index (κ2) is 5.75. The summed E-state index contributed by atoms with van der Waals surface area (Å²) in [5.74, 6) is 1.20. The fourth-order valence-corrected chi connectivity index (χ4v) is 3.89. The van der Waals surface area contributed by atoms with Crippen molar-refractivity contribution in [2.75, 3.05) is 0 Å². The number of fused-ring (bicyclic) bond motifs is 2. The zero-order valence-corrected chi connectivity index (χ0v) is 13.9. The zero-order valence-electron chi connectivity index (χ0n) is 12.2. The summed E-state index contributed by atoms with van der Waals surface area (Å²) in [6.45, 7) is 1.94. The summed E-state index contributed by atoms with van der Waals surface area (Å²) in [6.07, 6.45) is 0. The number of thiophene rings is 1. The second-order valence-electron chi connectivity index (χ2n) is 5.04. The van der Waals surface area contributed by atoms with Gasteiger partial charge >= 0.3 is 0 Å². The van der Waals surface area contributed by atoms with E-state index in [4.69, 9.17) is 0 Å². The van der Waals surface area contributed by atoms with Crippen LogP contribution in [0.1, 0.15) is 11.5 Å². The normalized spacial score (nSPS) is 11.3. The van der Waals surface area contributed by atoms with Gasteiger partial charge in [0.1, 0.15) is 15.6 Å². The van der Waals surface area contributed by atoms with Crippen LogP contribution in [0.15, 0.2) is 45.5 Å². The van der Waals surface area contributed by atoms with Gasteiger partial charge < -0.3 is 4.98 Å². The molecule has 0 atom stereocenters. The molecule has 0 fully saturated rings. The first kappa shape index (κ1) is 14.3. The molecule has 0 radical (unpaired) electrons. The van der Waals surface area contributed by atoms with Crippen LogP contribution in [0.3, 0.4) is 0 Å². The first-order valence-corrected chi connectivity index (χ1v) is 8.90. The number of aromatic amines is 1. The van der Waals surface area contributed by atoms with Gasteiger partial charge in [0.2, 0.25) is 0 Å². The van der Waals surface area contributed by atoms with E-state index < -0.39 is 0 Å². The summed E-state index contributed by atoms with van der Waals surface area (Å²) in [7, 11) is 0. The number of aromatic nitrogens is 4. The number of nitrogens with one attached hydrogen (secondary N) is 1. The van der Waals surface area contributed by atoms with Crippen molar-refractivity contribution in [3.8, 4) is 0 Å². The van der Waals surface area contributed by atoms with E-state index in [1.165, 1.54) is 23.1 Å². The van der Waals surface area contributed by atoms with Crippen LogP contribution in [-0.4, -0.2) is 19.9 Å². The van der Waals surface area contributed by atoms with Gasteiger partial charge in [-0.25, -0.2) is 15.0 Å². The van der Waals surface area contributed by atoms with Gasteiger partial charge in [0.25, 0.3) is 5.56 Å². The molecule has 0 saturated heterocycles. The lowest BCUT2D eigenvalue weighted by Crippen LogP contribution is -2.09. The number of benzene rings is 1. The molecule has 0 saturated carbocycles. The Labute approximate surface area is 139 Å². The predicted molar refractivity (Wildman–Crippen MR) is 94.1 cm³/mol. The number of H-pyrrole nitrogens is 1. The van der Waals surface area contributed by atoms with Gasteiger partial charge in [-0.2, -0.15) is 0 Å². The third-order valence-corrected chi connectivity index (χ3v) is 5.39. The largest absolute Gasteiger partial charge is 0.309 e. The number of aryl methyl sites for hydroxylation is 1. The molecule has 4 aromatic rings. The maximum absolute atomic E-state index is 12.0. The highest BCUT2D eigenvalue weighted by atomic mass is 32.2. The van der Waals surface area contributed by atoms with Gasteiger partial charge in [0.05, 0.1) is 28.0 Å². The van der Waals surface area contributed by atoms with E-state index in [-0.39, 0.29) is 5.56 Å². The van der Waals surface area contributed by atoms with E-state index in [0.717, 1.165) is 27.3 Å². The fourth-order valence-electron chi connectivity index (χ4n) is 2.34. The van der Waals surface area contributed by atoms with Crippen LogP contribution in [-0.2, 0) is 5.75 Å². The highest BCUT2D eigenvalue weighted by Gasteiger charge is 2.09. The molecule has 3 aromatic heterocycles. The van der Waals surface area contributed by atoms with Gasteiger partial charge in [-0.1, -0.05) is 23.9 Å². The molecule has 114 valence electrons. The Bertz CT molecular complexity index is 1070. The van der Waals surface area contributed by atoms with Crippen LogP contribution in [0.4, 0.5) is 0 Å². The first-order valence-electron chi connectivity index (χ1n) is 7.03. The third kappa shape index (κ3) is 2.73. The summed E-state index contributed by atoms with van der Waals surface area (Å²) in [6, 6.07) is 9.67. The van der Waals surface area contributed by atoms with Crippen molar-refractivity contribution >= 4 is 44.3 Å². The average Bonchev–Trinajstić information content (AvgIpc) is 3.02. The van der Waals surface area contributed by atoms with Crippen LogP contribution in [0.5, 0.6) is 0 Å². The van der Waals surface area contributed by atoms with Crippen LogP contribution in [0.2, 0.25) is 0 Å². The SMILES string of the molecule is Cc1nc2ccccc2nc1SCc1nc2ccsc2c(=O)[nH]1. The monoisotopic (exact) mass is 340 g/mol. The molecule has 7 heteroatoms. The van der Waals surface area contributed by atoms with Crippen LogP contribution >= 0.6 is 23.1 Å². The smallest absolute Gasteiger partial charge is 0.268 e. The Morgan fingerprint density at radius 1 is 1.09 bits per heavy atom. The number of hydrogen-bond acceptors (Lipinski definition) is 6. The Morgan fingerprint density at radius 3 is 2.70 bits per heavy atom. The topological polar surface area (TPSA) is 71.5 Å². The van der Waals surface area contributed by atoms with E-state index in [1.54, 1.807) is 0 Å². The van der Waals surface area contributed by atoms with Crippen molar-refractivity contribution in [1.29, 1.82) is 0 Å². The minimum atomic E-state index is -0.0816. The van der Waals surface area contributed by atoms with E-state index in [9.17, 15) is 4.79 Å². The highest BCUT2D eigenvalue weighted by molar-refractivity contribution is 7.98. The molecule has 0 unspecified atom stereocenters. The van der Waals surface area contributed by atoms with E-state index in [0.29, 0.717) is 16.3 Å². The summed E-state index contributed by atoms with van der Waals surface area (Å²) in [5.41, 5.74) is 3.31. The van der Waals surface area contributed by atoms with Crippen molar-refractivity contribution in [2.45, 2.75) is 17.7 Å². The molecule has 0 amide bonds. The molecular weight excluding hydrogens is 328 g/mol. The molecule has 3 heterocycles. The Balaban J connectivity index is 1.65. The average molecular weight is 340 g/mol. The standard InChI is InChI=1S/C16H12N4OS2/c1-9-16(19-11-5-3-2-4-10(11)17-9)23-8-13-18-12-6-7-22-14(12)15(21)20-13/h2-7H,8H2,1H3,(H,18,20,21). The minimum Gasteiger partial charge on any atom is -0.309 e. The molecule has 0 spiro atoms. The van der Waals surface area contributed by atoms with Gasteiger partial charge in [-0.3, -0.25) is 4.79 Å². The summed E-state index contributed by atoms with van der Waals surface area (Å²) >= 11 is 2.94. The Hall–Kier alpha value is -2.25. The molecule has 0 aliphatic carbocycles. The van der Waals surface area contributed by atoms with Crippen molar-refractivity contribution in [3.05, 3.63) is 57.6 Å². The molecular formula is C16H12N4OS2. The van der Waals surface area contributed by atoms with Gasteiger partial charge in [0.15, 0.2) is 0 Å². The third-order valence-electron chi connectivity index (χ3n) is 3.41. The van der Waals surface area contributed by atoms with Crippen molar-refractivity contribution in [3.63, 3.8) is 0 Å². The first-order chi connectivity index (χ1) is 11.2. The van der Waals surface area contributed by atoms with Gasteiger partial charge in [-0.05, 0) is 30.5 Å². The predicted octanol–water partition coefficient (Wildman–Crippen LogP) is 3.53. The maximum atomic E-state index is 12.0. The number of para-hydroxylation sites is 2. The molecule has 0 aliphatic rings. The molecule has 4 rings (SSSR count). The number of nitrogens with zero attached hydrogens (tertiary/aromatic N) is 3. The summed E-state index contributed by atoms with van der Waals surface area (Å²) in [4.78, 5) is 28.5. The number of thioether (sulfide) groups is 1. The lowest BCUT2D eigenvalue weighted by molar-refractivity contribution is 1.02. The fraction of sp³-hybridized carbons (Fsp3) is 0.125. The molecule has 0 aliphatic heterocycles. The Kier molecular flexibility index (Phi) is 3.59. The quantitative estimate of drug-likeness (QED) is 0.578. The summed E-state index contributed by atoms with van der Waals surface area (Å²) in [5, 5.41) is 2.74. The van der Waals surface area contributed by atoms with Crippen LogP contribution in [0.25, 0.3) is 21.3 Å². The lowest BCUT2D eigenvalue weighted by Gasteiger charge is -2.06. The number of hydrogen-bond donors (Lipinski definition) is 1. The molecule has 0 bridgehead atoms.